The van der Waals surface area contributed by atoms with Crippen molar-refractivity contribution in [2.75, 3.05) is 6.07 Å². The maximum atomic E-state index is 5.89. The summed E-state index contributed by atoms with van der Waals surface area (Å²) in [6.45, 7) is 0. The van der Waals surface area contributed by atoms with Crippen molar-refractivity contribution in [1.82, 2.24) is 0 Å². The molecule has 1 nitrogen and oxygen atoms in total. The SMILES string of the molecule is ClCOC1CCC(Cl)CC1. The van der Waals surface area contributed by atoms with Gasteiger partial charge in [-0.15, -0.1) is 11.6 Å². The van der Waals surface area contributed by atoms with Crippen LogP contribution in [-0.4, -0.2) is 17.5 Å². The van der Waals surface area contributed by atoms with E-state index in [1.54, 1.807) is 0 Å². The van der Waals surface area contributed by atoms with E-state index in [4.69, 9.17) is 27.9 Å². The van der Waals surface area contributed by atoms with Gasteiger partial charge in [0.15, 0.2) is 0 Å². The van der Waals surface area contributed by atoms with Crippen molar-refractivity contribution in [2.24, 2.45) is 0 Å². The summed E-state index contributed by atoms with van der Waals surface area (Å²) in [6.07, 6.45) is 4.65. The molecule has 0 aromatic carbocycles. The molecule has 0 saturated heterocycles. The Balaban J connectivity index is 2.13. The van der Waals surface area contributed by atoms with E-state index in [1.807, 2.05) is 0 Å². The lowest BCUT2D eigenvalue weighted by Crippen LogP contribution is -2.21. The summed E-state index contributed by atoms with van der Waals surface area (Å²) in [6, 6.07) is 0.317. The quantitative estimate of drug-likeness (QED) is 0.598. The maximum Gasteiger partial charge on any atom is 0.121 e. The van der Waals surface area contributed by atoms with Gasteiger partial charge in [-0.1, -0.05) is 11.6 Å². The first-order valence-corrected chi connectivity index (χ1v) is 4.61. The van der Waals surface area contributed by atoms with Gasteiger partial charge in [0.25, 0.3) is 0 Å². The van der Waals surface area contributed by atoms with Gasteiger partial charge in [0.2, 0.25) is 0 Å². The molecule has 0 aromatic heterocycles. The summed E-state index contributed by atoms with van der Waals surface area (Å²) in [5, 5.41) is 0.371. The van der Waals surface area contributed by atoms with E-state index in [1.165, 1.54) is 0 Å². The van der Waals surface area contributed by atoms with Gasteiger partial charge in [0.1, 0.15) is 6.07 Å². The van der Waals surface area contributed by atoms with E-state index in [0.29, 0.717) is 17.5 Å². The first-order valence-electron chi connectivity index (χ1n) is 3.64. The van der Waals surface area contributed by atoms with Crippen LogP contribution in [0.15, 0.2) is 0 Å². The fourth-order valence-electron chi connectivity index (χ4n) is 1.28. The zero-order valence-corrected chi connectivity index (χ0v) is 7.37. The van der Waals surface area contributed by atoms with Crippen LogP contribution in [0.5, 0.6) is 0 Å². The molecule has 1 aliphatic carbocycles. The number of hydrogen-bond acceptors (Lipinski definition) is 1. The average Bonchev–Trinajstić information content (AvgIpc) is 1.95. The predicted octanol–water partition coefficient (Wildman–Crippen LogP) is 2.75. The molecule has 0 amide bonds. The summed E-state index contributed by atoms with van der Waals surface area (Å²) in [4.78, 5) is 0. The molecule has 0 aromatic rings. The van der Waals surface area contributed by atoms with Crippen LogP contribution in [0, 0.1) is 0 Å². The number of rotatable bonds is 2. The van der Waals surface area contributed by atoms with Crippen molar-refractivity contribution in [3.05, 3.63) is 0 Å². The summed E-state index contributed by atoms with van der Waals surface area (Å²) in [5.74, 6) is 0. The van der Waals surface area contributed by atoms with Crippen LogP contribution >= 0.6 is 23.2 Å². The minimum absolute atomic E-state index is 0.317. The fourth-order valence-corrected chi connectivity index (χ4v) is 1.71. The average molecular weight is 183 g/mol. The van der Waals surface area contributed by atoms with Crippen molar-refractivity contribution in [1.29, 1.82) is 0 Å². The highest BCUT2D eigenvalue weighted by Crippen LogP contribution is 2.24. The molecule has 10 heavy (non-hydrogen) atoms. The lowest BCUT2D eigenvalue weighted by Gasteiger charge is -2.23. The van der Waals surface area contributed by atoms with E-state index in [-0.39, 0.29) is 0 Å². The zero-order valence-electron chi connectivity index (χ0n) is 5.85. The maximum absolute atomic E-state index is 5.89. The predicted molar refractivity (Wildman–Crippen MR) is 43.7 cm³/mol. The topological polar surface area (TPSA) is 9.23 Å². The molecule has 3 heteroatoms. The highest BCUT2D eigenvalue weighted by atomic mass is 35.5. The van der Waals surface area contributed by atoms with Crippen LogP contribution in [0.1, 0.15) is 25.7 Å². The van der Waals surface area contributed by atoms with Crippen LogP contribution in [0.3, 0.4) is 0 Å². The van der Waals surface area contributed by atoms with Crippen LogP contribution in [-0.2, 0) is 4.74 Å². The molecule has 0 radical (unpaired) electrons. The Bertz CT molecular complexity index is 89.6. The van der Waals surface area contributed by atoms with E-state index in [2.05, 4.69) is 0 Å². The van der Waals surface area contributed by atoms with Gasteiger partial charge >= 0.3 is 0 Å². The zero-order chi connectivity index (χ0) is 7.40. The van der Waals surface area contributed by atoms with Gasteiger partial charge in [-0.05, 0) is 25.7 Å². The van der Waals surface area contributed by atoms with Crippen molar-refractivity contribution >= 4 is 23.2 Å². The highest BCUT2D eigenvalue weighted by molar-refractivity contribution is 6.20. The van der Waals surface area contributed by atoms with Gasteiger partial charge < -0.3 is 4.74 Å². The van der Waals surface area contributed by atoms with E-state index in [0.717, 1.165) is 25.7 Å². The van der Waals surface area contributed by atoms with Crippen LogP contribution in [0.4, 0.5) is 0 Å². The molecule has 0 aliphatic heterocycles. The molecule has 0 spiro atoms. The second-order valence-corrected chi connectivity index (χ2v) is 3.49. The molecule has 1 saturated carbocycles. The van der Waals surface area contributed by atoms with Gasteiger partial charge in [0, 0.05) is 5.38 Å². The van der Waals surface area contributed by atoms with E-state index < -0.39 is 0 Å². The molecule has 60 valence electrons. The summed E-state index contributed by atoms with van der Waals surface area (Å²) in [7, 11) is 0. The molecule has 0 unspecified atom stereocenters. The molecule has 0 atom stereocenters. The number of halogens is 2. The van der Waals surface area contributed by atoms with E-state index >= 15 is 0 Å². The Morgan fingerprint density at radius 1 is 1.20 bits per heavy atom. The summed E-state index contributed by atoms with van der Waals surface area (Å²) >= 11 is 11.3. The van der Waals surface area contributed by atoms with Crippen molar-refractivity contribution in [2.45, 2.75) is 37.2 Å². The molecule has 0 heterocycles. The lowest BCUT2D eigenvalue weighted by atomic mass is 9.97. The van der Waals surface area contributed by atoms with Gasteiger partial charge in [-0.3, -0.25) is 0 Å². The second-order valence-electron chi connectivity index (χ2n) is 2.65. The molecular weight excluding hydrogens is 171 g/mol. The summed E-state index contributed by atoms with van der Waals surface area (Å²) < 4.78 is 5.24. The van der Waals surface area contributed by atoms with Crippen LogP contribution < -0.4 is 0 Å². The van der Waals surface area contributed by atoms with Gasteiger partial charge in [0.05, 0.1) is 6.10 Å². The normalized spacial score (nSPS) is 34.2. The third-order valence-corrected chi connectivity index (χ3v) is 2.46. The smallest absolute Gasteiger partial charge is 0.121 e. The second kappa shape index (κ2) is 4.42. The molecule has 1 aliphatic rings. The van der Waals surface area contributed by atoms with Crippen LogP contribution in [0.2, 0.25) is 0 Å². The third kappa shape index (κ3) is 2.65. The Morgan fingerprint density at radius 3 is 2.30 bits per heavy atom. The Hall–Kier alpha value is 0.540. The summed E-state index contributed by atoms with van der Waals surface area (Å²) in [5.41, 5.74) is 0. The van der Waals surface area contributed by atoms with Gasteiger partial charge in [-0.25, -0.2) is 0 Å². The number of ether oxygens (including phenoxy) is 1. The number of alkyl halides is 2. The molecule has 1 rings (SSSR count). The standard InChI is InChI=1S/C7H12Cl2O/c8-5-10-7-3-1-6(9)2-4-7/h6-7H,1-5H2. The van der Waals surface area contributed by atoms with Crippen LogP contribution in [0.25, 0.3) is 0 Å². The Labute approximate surface area is 71.6 Å². The Kier molecular flexibility index (Phi) is 3.82. The van der Waals surface area contributed by atoms with Crippen molar-refractivity contribution in [3.8, 4) is 0 Å². The minimum atomic E-state index is 0.317. The molecule has 0 N–H and O–H groups in total. The van der Waals surface area contributed by atoms with Crippen molar-refractivity contribution < 1.29 is 4.74 Å². The molecule has 1 fully saturated rings. The number of hydrogen-bond donors (Lipinski definition) is 0. The fraction of sp³-hybridized carbons (Fsp3) is 1.00. The van der Waals surface area contributed by atoms with E-state index in [9.17, 15) is 0 Å². The third-order valence-electron chi connectivity index (χ3n) is 1.90. The minimum Gasteiger partial charge on any atom is -0.363 e. The lowest BCUT2D eigenvalue weighted by molar-refractivity contribution is 0.0586. The Morgan fingerprint density at radius 2 is 1.80 bits per heavy atom. The van der Waals surface area contributed by atoms with Crippen molar-refractivity contribution in [3.63, 3.8) is 0 Å². The highest BCUT2D eigenvalue weighted by Gasteiger charge is 2.19. The largest absolute Gasteiger partial charge is 0.363 e. The monoisotopic (exact) mass is 182 g/mol. The first kappa shape index (κ1) is 8.63. The van der Waals surface area contributed by atoms with Gasteiger partial charge in [-0.2, -0.15) is 0 Å². The molecule has 0 bridgehead atoms. The first-order chi connectivity index (χ1) is 4.83. The molecular formula is C7H12Cl2O.